The number of hydrogen-bond donors (Lipinski definition) is 3. The highest BCUT2D eigenvalue weighted by Gasteiger charge is 1.91. The Hall–Kier alpha value is -1.46. The van der Waals surface area contributed by atoms with Crippen LogP contribution in [0.25, 0.3) is 0 Å². The minimum Gasteiger partial charge on any atom is -0.381 e. The van der Waals surface area contributed by atoms with E-state index in [4.69, 9.17) is 16.9 Å². The molecule has 0 atom stereocenters. The van der Waals surface area contributed by atoms with E-state index in [9.17, 15) is 4.91 Å². The van der Waals surface area contributed by atoms with E-state index in [0.717, 1.165) is 0 Å². The summed E-state index contributed by atoms with van der Waals surface area (Å²) in [6.45, 7) is 0. The molecule has 0 aromatic carbocycles. The maximum absolute atomic E-state index is 9.25. The molecule has 5 N–H and O–H groups in total. The summed E-state index contributed by atoms with van der Waals surface area (Å²) in [5.74, 6) is -0.815. The topological polar surface area (TPSA) is 118 Å². The smallest absolute Gasteiger partial charge is 0.191 e. The van der Waals surface area contributed by atoms with Crippen LogP contribution in [0, 0.1) is 10.3 Å². The molecule has 0 amide bonds. The van der Waals surface area contributed by atoms with Gasteiger partial charge in [-0.1, -0.05) is 5.10 Å². The molecule has 44 valence electrons. The molecule has 0 heterocycles. The standard InChI is InChI=1S/C2H5N5O/c3-1(4)2(5)6-7-8/h(H3,3,4)(H2,5,6,8). The molecule has 0 aromatic rings. The van der Waals surface area contributed by atoms with Crippen LogP contribution in [0.5, 0.6) is 0 Å². The Kier molecular flexibility index (Phi) is 2.18. The second-order valence-corrected chi connectivity index (χ2v) is 0.981. The number of nitrogens with two attached hydrogens (primary N) is 2. The van der Waals surface area contributed by atoms with Crippen LogP contribution in [-0.2, 0) is 0 Å². The van der Waals surface area contributed by atoms with Crippen molar-refractivity contribution < 1.29 is 0 Å². The van der Waals surface area contributed by atoms with Gasteiger partial charge in [0, 0.05) is 0 Å². The normalized spacial score (nSPS) is 10.8. The summed E-state index contributed by atoms with van der Waals surface area (Å²) < 4.78 is 0. The van der Waals surface area contributed by atoms with Crippen molar-refractivity contribution in [3.05, 3.63) is 4.91 Å². The van der Waals surface area contributed by atoms with Crippen molar-refractivity contribution in [1.29, 1.82) is 5.41 Å². The van der Waals surface area contributed by atoms with Crippen molar-refractivity contribution in [3.8, 4) is 0 Å². The van der Waals surface area contributed by atoms with Crippen LogP contribution in [0.1, 0.15) is 0 Å². The average molecular weight is 115 g/mol. The van der Waals surface area contributed by atoms with Gasteiger partial charge in [0.25, 0.3) is 0 Å². The Morgan fingerprint density at radius 2 is 2.00 bits per heavy atom. The number of amidine groups is 2. The summed E-state index contributed by atoms with van der Waals surface area (Å²) in [6, 6.07) is 0. The molecule has 0 aromatic heterocycles. The van der Waals surface area contributed by atoms with Gasteiger partial charge in [-0.25, -0.2) is 0 Å². The lowest BCUT2D eigenvalue weighted by Gasteiger charge is -1.87. The fourth-order valence-electron chi connectivity index (χ4n) is 0.0979. The molecule has 0 radical (unpaired) electrons. The molecule has 0 fully saturated rings. The van der Waals surface area contributed by atoms with E-state index < -0.39 is 5.84 Å². The first kappa shape index (κ1) is 6.54. The molecule has 0 bridgehead atoms. The molecule has 0 aliphatic carbocycles. The van der Waals surface area contributed by atoms with E-state index >= 15 is 0 Å². The van der Waals surface area contributed by atoms with Crippen LogP contribution in [0.3, 0.4) is 0 Å². The zero-order chi connectivity index (χ0) is 6.57. The highest BCUT2D eigenvalue weighted by atomic mass is 16.3. The predicted molar refractivity (Wildman–Crippen MR) is 29.3 cm³/mol. The number of nitrogens with zero attached hydrogens (tertiary/aromatic N) is 2. The first-order valence-electron chi connectivity index (χ1n) is 1.68. The molecule has 0 unspecified atom stereocenters. The lowest BCUT2D eigenvalue weighted by molar-refractivity contribution is 1.21. The fourth-order valence-corrected chi connectivity index (χ4v) is 0.0979. The van der Waals surface area contributed by atoms with Crippen LogP contribution < -0.4 is 11.5 Å². The van der Waals surface area contributed by atoms with Gasteiger partial charge in [-0.2, -0.15) is 0 Å². The van der Waals surface area contributed by atoms with E-state index in [-0.39, 0.29) is 5.84 Å². The predicted octanol–water partition coefficient (Wildman–Crippen LogP) is -1.04. The summed E-state index contributed by atoms with van der Waals surface area (Å²) in [5, 5.41) is 11.3. The minimum absolute atomic E-state index is 0.361. The second-order valence-electron chi connectivity index (χ2n) is 0.981. The Bertz CT molecular complexity index is 137. The van der Waals surface area contributed by atoms with Crippen LogP contribution in [0.2, 0.25) is 0 Å². The molecule has 0 aliphatic heterocycles. The SMILES string of the molecule is N=C(N)C(N)=NN=O. The van der Waals surface area contributed by atoms with Crippen molar-refractivity contribution in [2.75, 3.05) is 0 Å². The third-order valence-corrected chi connectivity index (χ3v) is 0.425. The molecular weight excluding hydrogens is 110 g/mol. The molecule has 0 saturated heterocycles. The van der Waals surface area contributed by atoms with E-state index in [1.807, 2.05) is 5.29 Å². The number of hydrogen-bond acceptors (Lipinski definition) is 3. The highest BCUT2D eigenvalue weighted by molar-refractivity contribution is 6.37. The molecular formula is C2H5N5O. The van der Waals surface area contributed by atoms with Gasteiger partial charge in [-0.3, -0.25) is 5.41 Å². The molecule has 8 heavy (non-hydrogen) atoms. The van der Waals surface area contributed by atoms with Crippen LogP contribution in [0.4, 0.5) is 0 Å². The van der Waals surface area contributed by atoms with E-state index in [2.05, 4.69) is 5.10 Å². The lowest BCUT2D eigenvalue weighted by Crippen LogP contribution is -2.29. The van der Waals surface area contributed by atoms with Gasteiger partial charge in [0.05, 0.1) is 5.29 Å². The number of nitrogens with one attached hydrogen (secondary N) is 1. The summed E-state index contributed by atoms with van der Waals surface area (Å²) in [6.07, 6.45) is 0. The van der Waals surface area contributed by atoms with Crippen molar-refractivity contribution in [3.63, 3.8) is 0 Å². The molecule has 0 aliphatic rings. The van der Waals surface area contributed by atoms with Gasteiger partial charge in [-0.05, 0) is 0 Å². The van der Waals surface area contributed by atoms with Crippen molar-refractivity contribution in [2.45, 2.75) is 0 Å². The van der Waals surface area contributed by atoms with Gasteiger partial charge in [0.15, 0.2) is 11.7 Å². The first-order chi connectivity index (χ1) is 3.68. The van der Waals surface area contributed by atoms with Gasteiger partial charge >= 0.3 is 0 Å². The van der Waals surface area contributed by atoms with Crippen LogP contribution in [0.15, 0.2) is 10.4 Å². The van der Waals surface area contributed by atoms with Gasteiger partial charge < -0.3 is 11.5 Å². The number of nitroso groups, excluding NO2 is 1. The molecule has 0 saturated carbocycles. The third kappa shape index (κ3) is 1.85. The van der Waals surface area contributed by atoms with Crippen molar-refractivity contribution >= 4 is 11.7 Å². The summed E-state index contributed by atoms with van der Waals surface area (Å²) in [7, 11) is 0. The minimum atomic E-state index is -0.454. The average Bonchev–Trinajstić information content (AvgIpc) is 1.67. The molecule has 0 rings (SSSR count). The maximum Gasteiger partial charge on any atom is 0.191 e. The first-order valence-corrected chi connectivity index (χ1v) is 1.68. The lowest BCUT2D eigenvalue weighted by atomic mass is 10.6. The monoisotopic (exact) mass is 115 g/mol. The fraction of sp³-hybridized carbons (Fsp3) is 0. The Morgan fingerprint density at radius 1 is 1.50 bits per heavy atom. The van der Waals surface area contributed by atoms with Crippen LogP contribution >= 0.6 is 0 Å². The second kappa shape index (κ2) is 2.67. The van der Waals surface area contributed by atoms with E-state index in [1.165, 1.54) is 0 Å². The molecule has 6 heteroatoms. The maximum atomic E-state index is 9.25. The Morgan fingerprint density at radius 3 is 2.12 bits per heavy atom. The van der Waals surface area contributed by atoms with Crippen LogP contribution in [-0.4, -0.2) is 11.7 Å². The van der Waals surface area contributed by atoms with Gasteiger partial charge in [0.2, 0.25) is 0 Å². The zero-order valence-electron chi connectivity index (χ0n) is 3.96. The summed E-state index contributed by atoms with van der Waals surface area (Å²) in [5.41, 5.74) is 9.58. The van der Waals surface area contributed by atoms with Gasteiger partial charge in [0.1, 0.15) is 0 Å². The quantitative estimate of drug-likeness (QED) is 0.175. The van der Waals surface area contributed by atoms with E-state index in [1.54, 1.807) is 0 Å². The van der Waals surface area contributed by atoms with Crippen molar-refractivity contribution in [1.82, 2.24) is 0 Å². The Balaban J connectivity index is 3.99. The zero-order valence-corrected chi connectivity index (χ0v) is 3.96. The summed E-state index contributed by atoms with van der Waals surface area (Å²) in [4.78, 5) is 9.25. The third-order valence-electron chi connectivity index (χ3n) is 0.425. The van der Waals surface area contributed by atoms with Crippen molar-refractivity contribution in [2.24, 2.45) is 21.9 Å². The Labute approximate surface area is 45.0 Å². The summed E-state index contributed by atoms with van der Waals surface area (Å²) >= 11 is 0. The highest BCUT2D eigenvalue weighted by Crippen LogP contribution is 1.67. The molecule has 6 nitrogen and oxygen atoms in total. The van der Waals surface area contributed by atoms with Gasteiger partial charge in [-0.15, -0.1) is 4.91 Å². The van der Waals surface area contributed by atoms with E-state index in [0.29, 0.717) is 0 Å². The molecule has 0 spiro atoms. The number of rotatable bonds is 1. The largest absolute Gasteiger partial charge is 0.381 e.